The number of aliphatic imine (C=N–C) groups is 1. The average molecular weight is 413 g/mol. The Bertz CT molecular complexity index is 817. The van der Waals surface area contributed by atoms with Crippen molar-refractivity contribution >= 4 is 23.5 Å². The van der Waals surface area contributed by atoms with Crippen LogP contribution in [0.15, 0.2) is 23.2 Å². The van der Waals surface area contributed by atoms with Crippen molar-refractivity contribution < 1.29 is 14.3 Å². The molecule has 30 heavy (non-hydrogen) atoms. The second-order valence-electron chi connectivity index (χ2n) is 8.59. The number of guanidine groups is 1. The van der Waals surface area contributed by atoms with Crippen molar-refractivity contribution in [2.75, 3.05) is 20.2 Å². The highest BCUT2D eigenvalue weighted by Gasteiger charge is 2.29. The van der Waals surface area contributed by atoms with E-state index >= 15 is 0 Å². The number of benzene rings is 1. The molecule has 1 saturated heterocycles. The van der Waals surface area contributed by atoms with Crippen molar-refractivity contribution in [2.24, 2.45) is 4.99 Å². The number of unbranched alkanes of at least 4 members (excludes halogenated alkanes) is 2. The Balaban J connectivity index is 1.15. The second-order valence-corrected chi connectivity index (χ2v) is 8.59. The molecule has 0 atom stereocenters. The SMILES string of the molecule is CN(C(=O)CCCCCOc1ccc2c(c1)CN1CC(=O)NC1=N2)C1CCCCC1. The normalized spacial score (nSPS) is 18.4. The lowest BCUT2D eigenvalue weighted by atomic mass is 9.94. The minimum Gasteiger partial charge on any atom is -0.494 e. The predicted octanol–water partition coefficient (Wildman–Crippen LogP) is 3.35. The second kappa shape index (κ2) is 9.49. The Hall–Kier alpha value is -2.57. The number of carbonyl (C=O) groups is 2. The van der Waals surface area contributed by atoms with Crippen molar-refractivity contribution in [3.05, 3.63) is 23.8 Å². The molecule has 2 heterocycles. The molecule has 1 aliphatic carbocycles. The third-order valence-corrected chi connectivity index (χ3v) is 6.34. The summed E-state index contributed by atoms with van der Waals surface area (Å²) in [6, 6.07) is 6.34. The van der Waals surface area contributed by atoms with Gasteiger partial charge in [-0.1, -0.05) is 19.3 Å². The van der Waals surface area contributed by atoms with E-state index in [0.717, 1.165) is 49.1 Å². The van der Waals surface area contributed by atoms with Crippen molar-refractivity contribution in [1.29, 1.82) is 0 Å². The van der Waals surface area contributed by atoms with Gasteiger partial charge in [0.2, 0.25) is 17.8 Å². The molecule has 1 aromatic rings. The molecular formula is C23H32N4O3. The van der Waals surface area contributed by atoms with Crippen molar-refractivity contribution in [2.45, 2.75) is 70.4 Å². The molecule has 1 saturated carbocycles. The first kappa shape index (κ1) is 20.7. The van der Waals surface area contributed by atoms with Crippen LogP contribution < -0.4 is 10.1 Å². The number of hydrogen-bond donors (Lipinski definition) is 1. The quantitative estimate of drug-likeness (QED) is 0.665. The summed E-state index contributed by atoms with van der Waals surface area (Å²) < 4.78 is 5.91. The molecule has 2 fully saturated rings. The van der Waals surface area contributed by atoms with Crippen LogP contribution in [0, 0.1) is 0 Å². The monoisotopic (exact) mass is 412 g/mol. The van der Waals surface area contributed by atoms with Gasteiger partial charge in [0, 0.05) is 31.6 Å². The van der Waals surface area contributed by atoms with Crippen LogP contribution in [0.1, 0.15) is 63.4 Å². The first-order chi connectivity index (χ1) is 14.6. The van der Waals surface area contributed by atoms with Crippen molar-refractivity contribution in [3.8, 4) is 5.75 Å². The first-order valence-electron chi connectivity index (χ1n) is 11.2. The molecule has 3 aliphatic rings. The minimum atomic E-state index is -0.0126. The summed E-state index contributed by atoms with van der Waals surface area (Å²) in [5.41, 5.74) is 1.96. The average Bonchev–Trinajstić information content (AvgIpc) is 3.13. The molecule has 0 spiro atoms. The fraction of sp³-hybridized carbons (Fsp3) is 0.609. The molecule has 1 aromatic carbocycles. The van der Waals surface area contributed by atoms with Crippen LogP contribution >= 0.6 is 0 Å². The maximum Gasteiger partial charge on any atom is 0.246 e. The summed E-state index contributed by atoms with van der Waals surface area (Å²) in [7, 11) is 1.97. The van der Waals surface area contributed by atoms with Crippen LogP contribution in [0.2, 0.25) is 0 Å². The number of hydrogen-bond acceptors (Lipinski definition) is 5. The topological polar surface area (TPSA) is 74.2 Å². The smallest absolute Gasteiger partial charge is 0.246 e. The fourth-order valence-corrected chi connectivity index (χ4v) is 4.52. The zero-order valence-electron chi connectivity index (χ0n) is 17.9. The lowest BCUT2D eigenvalue weighted by Gasteiger charge is -2.31. The Morgan fingerprint density at radius 2 is 2.03 bits per heavy atom. The summed E-state index contributed by atoms with van der Waals surface area (Å²) in [6.45, 7) is 1.67. The fourth-order valence-electron chi connectivity index (χ4n) is 4.52. The summed E-state index contributed by atoms with van der Waals surface area (Å²) in [5, 5.41) is 2.78. The highest BCUT2D eigenvalue weighted by molar-refractivity contribution is 6.05. The molecule has 0 aromatic heterocycles. The largest absolute Gasteiger partial charge is 0.494 e. The number of carbonyl (C=O) groups excluding carboxylic acids is 2. The van der Waals surface area contributed by atoms with Gasteiger partial charge in [0.15, 0.2) is 0 Å². The molecule has 2 aliphatic heterocycles. The number of fused-ring (bicyclic) bond motifs is 2. The summed E-state index contributed by atoms with van der Waals surface area (Å²) in [5.74, 6) is 1.75. The van der Waals surface area contributed by atoms with Crippen molar-refractivity contribution in [3.63, 3.8) is 0 Å². The predicted molar refractivity (Wildman–Crippen MR) is 116 cm³/mol. The molecule has 162 valence electrons. The van der Waals surface area contributed by atoms with Gasteiger partial charge in [0.1, 0.15) is 12.3 Å². The van der Waals surface area contributed by atoms with Gasteiger partial charge < -0.3 is 14.5 Å². The van der Waals surface area contributed by atoms with Crippen LogP contribution in [0.25, 0.3) is 0 Å². The van der Waals surface area contributed by atoms with E-state index < -0.39 is 0 Å². The van der Waals surface area contributed by atoms with E-state index in [-0.39, 0.29) is 11.8 Å². The van der Waals surface area contributed by atoms with E-state index in [9.17, 15) is 9.59 Å². The van der Waals surface area contributed by atoms with Crippen LogP contribution in [0.5, 0.6) is 5.75 Å². The van der Waals surface area contributed by atoms with Gasteiger partial charge in [-0.05, 0) is 50.3 Å². The zero-order valence-corrected chi connectivity index (χ0v) is 17.9. The Morgan fingerprint density at radius 3 is 2.87 bits per heavy atom. The third-order valence-electron chi connectivity index (χ3n) is 6.34. The number of rotatable bonds is 8. The van der Waals surface area contributed by atoms with Crippen LogP contribution in [-0.4, -0.2) is 53.8 Å². The van der Waals surface area contributed by atoms with E-state index in [2.05, 4.69) is 10.3 Å². The van der Waals surface area contributed by atoms with Crippen LogP contribution in [0.4, 0.5) is 5.69 Å². The number of nitrogens with zero attached hydrogens (tertiary/aromatic N) is 3. The van der Waals surface area contributed by atoms with Gasteiger partial charge in [-0.3, -0.25) is 14.9 Å². The van der Waals surface area contributed by atoms with Gasteiger partial charge in [0.05, 0.1) is 12.3 Å². The molecular weight excluding hydrogens is 380 g/mol. The summed E-state index contributed by atoms with van der Waals surface area (Å²) in [6.07, 6.45) is 9.61. The van der Waals surface area contributed by atoms with Crippen molar-refractivity contribution in [1.82, 2.24) is 15.1 Å². The number of nitrogens with one attached hydrogen (secondary N) is 1. The minimum absolute atomic E-state index is 0.0126. The van der Waals surface area contributed by atoms with E-state index in [4.69, 9.17) is 4.74 Å². The molecule has 4 rings (SSSR count). The van der Waals surface area contributed by atoms with E-state index in [1.165, 1.54) is 19.3 Å². The molecule has 7 nitrogen and oxygen atoms in total. The first-order valence-corrected chi connectivity index (χ1v) is 11.2. The molecule has 7 heteroatoms. The summed E-state index contributed by atoms with van der Waals surface area (Å²) in [4.78, 5) is 32.3. The van der Waals surface area contributed by atoms with E-state index in [1.54, 1.807) is 0 Å². The van der Waals surface area contributed by atoms with Gasteiger partial charge in [-0.15, -0.1) is 0 Å². The van der Waals surface area contributed by atoms with Gasteiger partial charge in [-0.2, -0.15) is 0 Å². The maximum atomic E-state index is 12.4. The number of ether oxygens (including phenoxy) is 1. The highest BCUT2D eigenvalue weighted by Crippen LogP contribution is 2.30. The van der Waals surface area contributed by atoms with E-state index in [0.29, 0.717) is 38.1 Å². The highest BCUT2D eigenvalue weighted by atomic mass is 16.5. The van der Waals surface area contributed by atoms with Gasteiger partial charge in [0.25, 0.3) is 0 Å². The molecule has 1 N–H and O–H groups in total. The van der Waals surface area contributed by atoms with Gasteiger partial charge in [-0.25, -0.2) is 4.99 Å². The van der Waals surface area contributed by atoms with Crippen LogP contribution in [-0.2, 0) is 16.1 Å². The lowest BCUT2D eigenvalue weighted by Crippen LogP contribution is -2.38. The summed E-state index contributed by atoms with van der Waals surface area (Å²) >= 11 is 0. The Labute approximate surface area is 178 Å². The maximum absolute atomic E-state index is 12.4. The van der Waals surface area contributed by atoms with E-state index in [1.807, 2.05) is 35.0 Å². The molecule has 0 unspecified atom stereocenters. The Kier molecular flexibility index (Phi) is 6.55. The Morgan fingerprint density at radius 1 is 1.20 bits per heavy atom. The molecule has 0 radical (unpaired) electrons. The number of amides is 2. The zero-order chi connectivity index (χ0) is 20.9. The van der Waals surface area contributed by atoms with Gasteiger partial charge >= 0.3 is 0 Å². The van der Waals surface area contributed by atoms with Crippen LogP contribution in [0.3, 0.4) is 0 Å². The third kappa shape index (κ3) is 4.94. The standard InChI is InChI=1S/C23H32N4O3/c1-26(18-8-4-2-5-9-18)22(29)10-6-3-7-13-30-19-11-12-20-17(14-19)15-27-16-21(28)25-23(27)24-20/h11-12,14,18H,2-10,13,15-16H2,1H3,(H,24,25,28). The molecule has 0 bridgehead atoms. The molecule has 2 amide bonds. The lowest BCUT2D eigenvalue weighted by molar-refractivity contribution is -0.132.